The number of nitrogens with zero attached hydrogens (tertiary/aromatic N) is 1. The molecule has 6 rings (SSSR count). The van der Waals surface area contributed by atoms with Gasteiger partial charge in [0, 0.05) is 17.0 Å². The molecule has 0 saturated heterocycles. The Labute approximate surface area is 181 Å². The Morgan fingerprint density at radius 3 is 2.31 bits per heavy atom. The van der Waals surface area contributed by atoms with E-state index in [1.807, 2.05) is 25.1 Å². The van der Waals surface area contributed by atoms with Gasteiger partial charge in [-0.05, 0) is 75.8 Å². The molecule has 0 aliphatic heterocycles. The Morgan fingerprint density at radius 1 is 1.14 bits per heavy atom. The van der Waals surface area contributed by atoms with E-state index >= 15 is 0 Å². The first-order valence-corrected chi connectivity index (χ1v) is 11.4. The summed E-state index contributed by atoms with van der Waals surface area (Å²) in [5.74, 6) is 1.35. The highest BCUT2D eigenvalue weighted by atomic mass is 35.5. The summed E-state index contributed by atoms with van der Waals surface area (Å²) in [6.07, 6.45) is 8.12. The maximum Gasteiger partial charge on any atom is 0.145 e. The minimum Gasteiger partial charge on any atom is -0.393 e. The van der Waals surface area contributed by atoms with Crippen molar-refractivity contribution in [1.82, 2.24) is 5.16 Å². The molecule has 4 fully saturated rings. The molecule has 1 N–H and O–H groups in total. The van der Waals surface area contributed by atoms with Crippen molar-refractivity contribution in [2.75, 3.05) is 0 Å². The van der Waals surface area contributed by atoms with Gasteiger partial charge in [-0.25, -0.2) is 0 Å². The molecule has 6 heteroatoms. The standard InChI is InChI=1S/C23H27Cl2NO3/c1-14(27)22-7-10-23(11-8-22,12-9-22)28-13-16-20(26-29-21(16)15-5-6-15)19-17(24)3-2-4-18(19)25/h2-4,14-15,27H,5-13H2,1H3. The van der Waals surface area contributed by atoms with Crippen LogP contribution in [-0.4, -0.2) is 22.0 Å². The van der Waals surface area contributed by atoms with Crippen LogP contribution in [0.4, 0.5) is 0 Å². The lowest BCUT2D eigenvalue weighted by Crippen LogP contribution is -2.51. The van der Waals surface area contributed by atoms with Crippen LogP contribution < -0.4 is 0 Å². The number of aliphatic hydroxyl groups excluding tert-OH is 1. The van der Waals surface area contributed by atoms with Gasteiger partial charge in [-0.1, -0.05) is 34.4 Å². The number of benzene rings is 1. The van der Waals surface area contributed by atoms with Crippen molar-refractivity contribution in [3.05, 3.63) is 39.6 Å². The first-order chi connectivity index (χ1) is 13.9. The van der Waals surface area contributed by atoms with Gasteiger partial charge in [-0.2, -0.15) is 0 Å². The number of aromatic nitrogens is 1. The Balaban J connectivity index is 1.41. The van der Waals surface area contributed by atoms with E-state index in [2.05, 4.69) is 5.16 Å². The van der Waals surface area contributed by atoms with Crippen molar-refractivity contribution >= 4 is 23.2 Å². The first-order valence-electron chi connectivity index (χ1n) is 10.7. The lowest BCUT2D eigenvalue weighted by molar-refractivity contribution is -0.165. The Kier molecular flexibility index (Phi) is 4.98. The minimum atomic E-state index is -0.241. The molecule has 4 nitrogen and oxygen atoms in total. The average molecular weight is 436 g/mol. The second-order valence-electron chi connectivity index (χ2n) is 9.25. The molecule has 0 radical (unpaired) electrons. The summed E-state index contributed by atoms with van der Waals surface area (Å²) in [5, 5.41) is 15.8. The van der Waals surface area contributed by atoms with Crippen molar-refractivity contribution in [1.29, 1.82) is 0 Å². The molecule has 2 aromatic rings. The molecule has 4 aliphatic carbocycles. The molecule has 4 aliphatic rings. The normalized spacial score (nSPS) is 29.9. The zero-order valence-electron chi connectivity index (χ0n) is 16.7. The molecule has 156 valence electrons. The second-order valence-corrected chi connectivity index (χ2v) is 10.1. The van der Waals surface area contributed by atoms with E-state index in [4.69, 9.17) is 32.5 Å². The predicted molar refractivity (Wildman–Crippen MR) is 113 cm³/mol. The number of fused-ring (bicyclic) bond motifs is 3. The van der Waals surface area contributed by atoms with Crippen molar-refractivity contribution in [3.8, 4) is 11.3 Å². The number of halogens is 2. The Hall–Kier alpha value is -1.07. The molecule has 0 amide bonds. The van der Waals surface area contributed by atoms with Crippen LogP contribution in [0.3, 0.4) is 0 Å². The van der Waals surface area contributed by atoms with Crippen molar-refractivity contribution in [3.63, 3.8) is 0 Å². The summed E-state index contributed by atoms with van der Waals surface area (Å²) in [6, 6.07) is 5.49. The van der Waals surface area contributed by atoms with Gasteiger partial charge in [0.05, 0.1) is 28.4 Å². The van der Waals surface area contributed by atoms with E-state index in [0.29, 0.717) is 28.3 Å². The quantitative estimate of drug-likeness (QED) is 0.560. The fraction of sp³-hybridized carbons (Fsp3) is 0.609. The number of ether oxygens (including phenoxy) is 1. The molecule has 0 spiro atoms. The molecular formula is C23H27Cl2NO3. The maximum atomic E-state index is 10.2. The van der Waals surface area contributed by atoms with Gasteiger partial charge in [0.1, 0.15) is 11.5 Å². The van der Waals surface area contributed by atoms with Crippen LogP contribution in [-0.2, 0) is 11.3 Å². The second kappa shape index (κ2) is 7.26. The van der Waals surface area contributed by atoms with Crippen LogP contribution in [0, 0.1) is 5.41 Å². The van der Waals surface area contributed by atoms with E-state index in [-0.39, 0.29) is 17.1 Å². The van der Waals surface area contributed by atoms with Crippen LogP contribution in [0.5, 0.6) is 0 Å². The molecule has 29 heavy (non-hydrogen) atoms. The predicted octanol–water partition coefficient (Wildman–Crippen LogP) is 6.52. The summed E-state index contributed by atoms with van der Waals surface area (Å²) >= 11 is 12.9. The number of hydrogen-bond acceptors (Lipinski definition) is 4. The molecule has 2 bridgehead atoms. The van der Waals surface area contributed by atoms with Crippen molar-refractivity contribution in [2.45, 2.75) is 82.5 Å². The van der Waals surface area contributed by atoms with E-state index in [9.17, 15) is 5.11 Å². The van der Waals surface area contributed by atoms with Crippen LogP contribution in [0.1, 0.15) is 75.5 Å². The third-order valence-electron chi connectivity index (χ3n) is 7.61. The zero-order valence-corrected chi connectivity index (χ0v) is 18.2. The Morgan fingerprint density at radius 2 is 1.76 bits per heavy atom. The summed E-state index contributed by atoms with van der Waals surface area (Å²) in [5.41, 5.74) is 2.43. The summed E-state index contributed by atoms with van der Waals surface area (Å²) < 4.78 is 12.4. The molecular weight excluding hydrogens is 409 g/mol. The van der Waals surface area contributed by atoms with E-state index < -0.39 is 0 Å². The highest BCUT2D eigenvalue weighted by Crippen LogP contribution is 2.56. The summed E-state index contributed by atoms with van der Waals surface area (Å²) in [4.78, 5) is 0. The zero-order chi connectivity index (χ0) is 20.2. The minimum absolute atomic E-state index is 0.0950. The largest absolute Gasteiger partial charge is 0.393 e. The molecule has 1 unspecified atom stereocenters. The lowest BCUT2D eigenvalue weighted by Gasteiger charge is -2.54. The van der Waals surface area contributed by atoms with Crippen molar-refractivity contribution in [2.24, 2.45) is 5.41 Å². The van der Waals surface area contributed by atoms with Crippen LogP contribution in [0.15, 0.2) is 22.7 Å². The fourth-order valence-electron chi connectivity index (χ4n) is 5.30. The van der Waals surface area contributed by atoms with Gasteiger partial charge >= 0.3 is 0 Å². The van der Waals surface area contributed by atoms with Crippen molar-refractivity contribution < 1.29 is 14.4 Å². The van der Waals surface area contributed by atoms with E-state index in [1.54, 1.807) is 0 Å². The van der Waals surface area contributed by atoms with Gasteiger partial charge in [0.15, 0.2) is 0 Å². The van der Waals surface area contributed by atoms with E-state index in [0.717, 1.165) is 68.3 Å². The van der Waals surface area contributed by atoms with Crippen LogP contribution in [0.2, 0.25) is 10.0 Å². The molecule has 1 aromatic carbocycles. The monoisotopic (exact) mass is 435 g/mol. The maximum absolute atomic E-state index is 10.2. The summed E-state index contributed by atoms with van der Waals surface area (Å²) in [7, 11) is 0. The number of aliphatic hydroxyl groups is 1. The third kappa shape index (κ3) is 3.42. The first kappa shape index (κ1) is 19.9. The van der Waals surface area contributed by atoms with Gasteiger partial charge in [-0.15, -0.1) is 0 Å². The van der Waals surface area contributed by atoms with Crippen LogP contribution in [0.25, 0.3) is 11.3 Å². The highest BCUT2D eigenvalue weighted by Gasteiger charge is 2.51. The topological polar surface area (TPSA) is 55.5 Å². The molecule has 1 atom stereocenters. The SMILES string of the molecule is CC(O)C12CCC(OCc3c(-c4c(Cl)cccc4Cl)noc3C3CC3)(CC1)CC2. The van der Waals surface area contributed by atoms with Gasteiger partial charge < -0.3 is 14.4 Å². The number of hydrogen-bond donors (Lipinski definition) is 1. The molecule has 4 saturated carbocycles. The van der Waals surface area contributed by atoms with Gasteiger partial charge in [0.25, 0.3) is 0 Å². The summed E-state index contributed by atoms with van der Waals surface area (Å²) in [6.45, 7) is 2.41. The van der Waals surface area contributed by atoms with Gasteiger partial charge in [-0.3, -0.25) is 0 Å². The fourth-order valence-corrected chi connectivity index (χ4v) is 5.87. The molecule has 1 aromatic heterocycles. The smallest absolute Gasteiger partial charge is 0.145 e. The van der Waals surface area contributed by atoms with Crippen LogP contribution >= 0.6 is 23.2 Å². The molecule has 1 heterocycles. The average Bonchev–Trinajstić information content (AvgIpc) is 3.48. The van der Waals surface area contributed by atoms with Gasteiger partial charge in [0.2, 0.25) is 0 Å². The number of rotatable bonds is 6. The highest BCUT2D eigenvalue weighted by molar-refractivity contribution is 6.39. The third-order valence-corrected chi connectivity index (χ3v) is 8.24. The van der Waals surface area contributed by atoms with E-state index in [1.165, 1.54) is 0 Å². The Bertz CT molecular complexity index is 874. The lowest BCUT2D eigenvalue weighted by atomic mass is 9.56.